The monoisotopic (exact) mass is 348 g/mol. The van der Waals surface area contributed by atoms with Crippen LogP contribution < -0.4 is 10.2 Å². The minimum Gasteiger partial charge on any atom is -0.462 e. The summed E-state index contributed by atoms with van der Waals surface area (Å²) in [5.74, 6) is 1.00. The van der Waals surface area contributed by atoms with Crippen molar-refractivity contribution >= 4 is 5.69 Å². The first-order valence-electron chi connectivity index (χ1n) is 8.71. The first kappa shape index (κ1) is 17.9. The van der Waals surface area contributed by atoms with Gasteiger partial charge in [-0.15, -0.1) is 0 Å². The largest absolute Gasteiger partial charge is 0.462 e. The molecule has 136 valence electrons. The molecule has 2 heterocycles. The van der Waals surface area contributed by atoms with Gasteiger partial charge in [0.05, 0.1) is 12.6 Å². The normalized spacial score (nSPS) is 17.0. The zero-order valence-corrected chi connectivity index (χ0v) is 14.4. The Morgan fingerprint density at radius 1 is 1.24 bits per heavy atom. The zero-order valence-electron chi connectivity index (χ0n) is 14.4. The molecule has 1 saturated heterocycles. The van der Waals surface area contributed by atoms with Gasteiger partial charge in [0.15, 0.2) is 0 Å². The van der Waals surface area contributed by atoms with Crippen molar-refractivity contribution in [2.75, 3.05) is 18.0 Å². The maximum absolute atomic E-state index is 13.8. The van der Waals surface area contributed by atoms with Crippen LogP contribution in [0.15, 0.2) is 34.7 Å². The number of piperidine rings is 1. The summed E-state index contributed by atoms with van der Waals surface area (Å²) in [6.07, 6.45) is 1.22. The minimum atomic E-state index is -0.259. The van der Waals surface area contributed by atoms with E-state index < -0.39 is 0 Å². The molecule has 6 heteroatoms. The number of benzene rings is 1. The van der Waals surface area contributed by atoms with Crippen molar-refractivity contribution in [3.8, 4) is 0 Å². The van der Waals surface area contributed by atoms with Crippen LogP contribution in [0.3, 0.4) is 0 Å². The number of hydrogen-bond donors (Lipinski definition) is 3. The van der Waals surface area contributed by atoms with Crippen LogP contribution in [0.25, 0.3) is 0 Å². The summed E-state index contributed by atoms with van der Waals surface area (Å²) in [6.45, 7) is 3.91. The molecule has 0 saturated carbocycles. The molecule has 1 atom stereocenters. The van der Waals surface area contributed by atoms with Gasteiger partial charge in [-0.1, -0.05) is 0 Å². The third-order valence-corrected chi connectivity index (χ3v) is 4.72. The van der Waals surface area contributed by atoms with Crippen LogP contribution in [0.4, 0.5) is 10.1 Å². The van der Waals surface area contributed by atoms with Crippen molar-refractivity contribution in [3.05, 3.63) is 53.2 Å². The van der Waals surface area contributed by atoms with E-state index in [2.05, 4.69) is 10.2 Å². The Bertz CT molecular complexity index is 696. The minimum absolute atomic E-state index is 0.0692. The van der Waals surface area contributed by atoms with E-state index in [0.29, 0.717) is 12.3 Å². The van der Waals surface area contributed by atoms with E-state index in [4.69, 9.17) is 9.52 Å². The molecule has 0 radical (unpaired) electrons. The highest BCUT2D eigenvalue weighted by molar-refractivity contribution is 5.55. The van der Waals surface area contributed by atoms with Gasteiger partial charge in [-0.3, -0.25) is 0 Å². The van der Waals surface area contributed by atoms with Crippen molar-refractivity contribution < 1.29 is 19.0 Å². The molecule has 3 rings (SSSR count). The summed E-state index contributed by atoms with van der Waals surface area (Å²) in [4.78, 5) is 2.20. The second-order valence-electron chi connectivity index (χ2n) is 6.55. The number of hydrogen-bond acceptors (Lipinski definition) is 5. The Kier molecular flexibility index (Phi) is 5.73. The molecule has 1 fully saturated rings. The Hall–Kier alpha value is -1.89. The molecule has 5 nitrogen and oxygen atoms in total. The average Bonchev–Trinajstić information content (AvgIpc) is 3.08. The van der Waals surface area contributed by atoms with Crippen LogP contribution in [0.2, 0.25) is 0 Å². The molecule has 0 spiro atoms. The zero-order chi connectivity index (χ0) is 17.8. The lowest BCUT2D eigenvalue weighted by Gasteiger charge is -2.34. The fourth-order valence-electron chi connectivity index (χ4n) is 3.23. The molecule has 1 unspecified atom stereocenters. The van der Waals surface area contributed by atoms with Gasteiger partial charge in [0.1, 0.15) is 23.9 Å². The van der Waals surface area contributed by atoms with Crippen LogP contribution in [0.1, 0.15) is 42.9 Å². The highest BCUT2D eigenvalue weighted by Gasteiger charge is 2.21. The first-order valence-corrected chi connectivity index (χ1v) is 8.71. The number of rotatable bonds is 6. The standard InChI is InChI=1S/C19H25FN2O3/c1-13(21-11-16-3-4-17(12-23)25-16)18-10-14(20)2-5-19(18)22-8-6-15(24)7-9-22/h2-5,10,13,15,21,23-24H,6-9,11-12H2,1H3. The lowest BCUT2D eigenvalue weighted by molar-refractivity contribution is 0.145. The van der Waals surface area contributed by atoms with E-state index in [9.17, 15) is 9.50 Å². The summed E-state index contributed by atoms with van der Waals surface area (Å²) in [6, 6.07) is 8.37. The van der Waals surface area contributed by atoms with Crippen LogP contribution in [0, 0.1) is 5.82 Å². The molecule has 1 aliphatic heterocycles. The fraction of sp³-hybridized carbons (Fsp3) is 0.474. The third kappa shape index (κ3) is 4.39. The van der Waals surface area contributed by atoms with Crippen LogP contribution >= 0.6 is 0 Å². The van der Waals surface area contributed by atoms with Gasteiger partial charge in [0.2, 0.25) is 0 Å². The van der Waals surface area contributed by atoms with E-state index >= 15 is 0 Å². The number of aliphatic hydroxyl groups excluding tert-OH is 2. The third-order valence-electron chi connectivity index (χ3n) is 4.72. The molecule has 3 N–H and O–H groups in total. The van der Waals surface area contributed by atoms with Crippen molar-refractivity contribution in [1.82, 2.24) is 5.32 Å². The van der Waals surface area contributed by atoms with Gasteiger partial charge in [-0.05, 0) is 55.7 Å². The number of aliphatic hydroxyl groups is 2. The molecule has 1 aromatic heterocycles. The topological polar surface area (TPSA) is 68.9 Å². The fourth-order valence-corrected chi connectivity index (χ4v) is 3.23. The Balaban J connectivity index is 1.72. The van der Waals surface area contributed by atoms with Crippen LogP contribution in [-0.4, -0.2) is 29.4 Å². The molecule has 25 heavy (non-hydrogen) atoms. The van der Waals surface area contributed by atoms with Gasteiger partial charge in [-0.25, -0.2) is 4.39 Å². The summed E-state index contributed by atoms with van der Waals surface area (Å²) in [5.41, 5.74) is 1.90. The molecule has 0 amide bonds. The van der Waals surface area contributed by atoms with Gasteiger partial charge < -0.3 is 24.8 Å². The molecule has 2 aromatic rings. The van der Waals surface area contributed by atoms with Crippen molar-refractivity contribution in [2.24, 2.45) is 0 Å². The average molecular weight is 348 g/mol. The predicted octanol–water partition coefficient (Wildman–Crippen LogP) is 2.72. The van der Waals surface area contributed by atoms with Gasteiger partial charge >= 0.3 is 0 Å². The summed E-state index contributed by atoms with van der Waals surface area (Å²) in [5, 5.41) is 22.1. The van der Waals surface area contributed by atoms with Crippen LogP contribution in [0.5, 0.6) is 0 Å². The van der Waals surface area contributed by atoms with E-state index in [1.807, 2.05) is 19.1 Å². The van der Waals surface area contributed by atoms with Gasteiger partial charge in [-0.2, -0.15) is 0 Å². The molecular formula is C19H25FN2O3. The highest BCUT2D eigenvalue weighted by atomic mass is 19.1. The quantitative estimate of drug-likeness (QED) is 0.749. The second kappa shape index (κ2) is 7.99. The second-order valence-corrected chi connectivity index (χ2v) is 6.55. The lowest BCUT2D eigenvalue weighted by Crippen LogP contribution is -2.37. The smallest absolute Gasteiger partial charge is 0.129 e. The summed E-state index contributed by atoms with van der Waals surface area (Å²) < 4.78 is 19.3. The molecular weight excluding hydrogens is 323 g/mol. The number of halogens is 1. The number of furan rings is 1. The Morgan fingerprint density at radius 2 is 1.96 bits per heavy atom. The SMILES string of the molecule is CC(NCc1ccc(CO)o1)c1cc(F)ccc1N1CCC(O)CC1. The number of nitrogens with zero attached hydrogens (tertiary/aromatic N) is 1. The highest BCUT2D eigenvalue weighted by Crippen LogP contribution is 2.30. The van der Waals surface area contributed by atoms with Crippen LogP contribution in [-0.2, 0) is 13.2 Å². The number of anilines is 1. The summed E-state index contributed by atoms with van der Waals surface area (Å²) >= 11 is 0. The first-order chi connectivity index (χ1) is 12.1. The maximum atomic E-state index is 13.8. The lowest BCUT2D eigenvalue weighted by atomic mass is 10.0. The molecule has 0 bridgehead atoms. The number of nitrogens with one attached hydrogen (secondary N) is 1. The van der Waals surface area contributed by atoms with E-state index in [1.165, 1.54) is 6.07 Å². The molecule has 0 aliphatic carbocycles. The van der Waals surface area contributed by atoms with Crippen molar-refractivity contribution in [1.29, 1.82) is 0 Å². The predicted molar refractivity (Wildman–Crippen MR) is 93.7 cm³/mol. The van der Waals surface area contributed by atoms with Gasteiger partial charge in [0, 0.05) is 24.8 Å². The molecule has 1 aliphatic rings. The Labute approximate surface area is 147 Å². The Morgan fingerprint density at radius 3 is 2.64 bits per heavy atom. The summed E-state index contributed by atoms with van der Waals surface area (Å²) in [7, 11) is 0. The van der Waals surface area contributed by atoms with Crippen molar-refractivity contribution in [3.63, 3.8) is 0 Å². The van der Waals surface area contributed by atoms with E-state index in [1.54, 1.807) is 12.1 Å². The van der Waals surface area contributed by atoms with E-state index in [-0.39, 0.29) is 24.6 Å². The van der Waals surface area contributed by atoms with Gasteiger partial charge in [0.25, 0.3) is 0 Å². The molecule has 1 aromatic carbocycles. The maximum Gasteiger partial charge on any atom is 0.129 e. The van der Waals surface area contributed by atoms with E-state index in [0.717, 1.165) is 42.9 Å². The van der Waals surface area contributed by atoms with Crippen molar-refractivity contribution in [2.45, 2.75) is 45.1 Å².